The molecule has 0 spiro atoms. The van der Waals surface area contributed by atoms with Crippen molar-refractivity contribution in [2.75, 3.05) is 11.9 Å². The van der Waals surface area contributed by atoms with Crippen molar-refractivity contribution in [3.8, 4) is 23.1 Å². The highest BCUT2D eigenvalue weighted by Crippen LogP contribution is 2.33. The third kappa shape index (κ3) is 4.02. The lowest BCUT2D eigenvalue weighted by Gasteiger charge is -2.10. The van der Waals surface area contributed by atoms with Crippen LogP contribution in [0.4, 0.5) is 11.7 Å². The van der Waals surface area contributed by atoms with E-state index in [-0.39, 0.29) is 6.61 Å². The molecule has 7 nitrogen and oxygen atoms in total. The van der Waals surface area contributed by atoms with Crippen molar-refractivity contribution in [3.63, 3.8) is 0 Å². The number of nitrogens with zero attached hydrogens (tertiary/aromatic N) is 3. The molecule has 2 aromatic heterocycles. The molecule has 4 rings (SSSR count). The maximum absolute atomic E-state index is 8.83. The highest BCUT2D eigenvalue weighted by molar-refractivity contribution is 5.70. The summed E-state index contributed by atoms with van der Waals surface area (Å²) < 4.78 is 16.6. The first-order chi connectivity index (χ1) is 13.8. The van der Waals surface area contributed by atoms with Crippen LogP contribution in [0.2, 0.25) is 0 Å². The van der Waals surface area contributed by atoms with Gasteiger partial charge in [-0.2, -0.15) is 5.26 Å². The Morgan fingerprint density at radius 2 is 2.00 bits per heavy atom. The normalized spacial score (nSPS) is 10.4. The lowest BCUT2D eigenvalue weighted by molar-refractivity contribution is 0.368. The molecule has 0 unspecified atom stereocenters. The van der Waals surface area contributed by atoms with Crippen molar-refractivity contribution in [3.05, 3.63) is 78.6 Å². The third-order valence-electron chi connectivity index (χ3n) is 4.00. The van der Waals surface area contributed by atoms with Crippen LogP contribution in [0, 0.1) is 11.3 Å². The average molecular weight is 372 g/mol. The molecular formula is C21H16N4O3. The van der Waals surface area contributed by atoms with Crippen LogP contribution in [0.15, 0.2) is 76.2 Å². The van der Waals surface area contributed by atoms with Crippen LogP contribution in [0.5, 0.6) is 5.75 Å². The van der Waals surface area contributed by atoms with Gasteiger partial charge in [0.1, 0.15) is 17.6 Å². The molecule has 0 amide bonds. The van der Waals surface area contributed by atoms with Gasteiger partial charge in [-0.15, -0.1) is 0 Å². The van der Waals surface area contributed by atoms with Gasteiger partial charge in [-0.1, -0.05) is 30.3 Å². The molecular weight excluding hydrogens is 356 g/mol. The quantitative estimate of drug-likeness (QED) is 0.507. The number of nitriles is 1. The zero-order valence-corrected chi connectivity index (χ0v) is 14.8. The largest absolute Gasteiger partial charge is 0.478 e. The standard InChI is InChI=1S/C21H16N4O3/c22-8-9-26-19-11-16(6-7-18(19)20-13-23-14-27-20)25-21-24-12-17(28-21)10-15-4-2-1-3-5-15/h1-7,11-14H,9-10H2,(H,24,25). The van der Waals surface area contributed by atoms with E-state index in [1.807, 2.05) is 48.5 Å². The Hall–Kier alpha value is -4.05. The zero-order chi connectivity index (χ0) is 19.2. The lowest BCUT2D eigenvalue weighted by atomic mass is 10.1. The van der Waals surface area contributed by atoms with E-state index in [1.165, 1.54) is 6.39 Å². The fourth-order valence-electron chi connectivity index (χ4n) is 2.75. The lowest BCUT2D eigenvalue weighted by Crippen LogP contribution is -1.97. The van der Waals surface area contributed by atoms with Crippen LogP contribution < -0.4 is 10.1 Å². The maximum atomic E-state index is 8.83. The number of benzene rings is 2. The van der Waals surface area contributed by atoms with Crippen LogP contribution >= 0.6 is 0 Å². The number of nitrogens with one attached hydrogen (secondary N) is 1. The summed E-state index contributed by atoms with van der Waals surface area (Å²) in [6.45, 7) is -0.0786. The fourth-order valence-corrected chi connectivity index (χ4v) is 2.75. The molecule has 0 aliphatic rings. The number of hydrogen-bond acceptors (Lipinski definition) is 7. The van der Waals surface area contributed by atoms with E-state index in [9.17, 15) is 0 Å². The van der Waals surface area contributed by atoms with Crippen molar-refractivity contribution in [2.24, 2.45) is 0 Å². The summed E-state index contributed by atoms with van der Waals surface area (Å²) in [6.07, 6.45) is 5.30. The van der Waals surface area contributed by atoms with Crippen LogP contribution in [0.1, 0.15) is 11.3 Å². The van der Waals surface area contributed by atoms with E-state index in [1.54, 1.807) is 18.5 Å². The molecule has 2 aromatic carbocycles. The van der Waals surface area contributed by atoms with Gasteiger partial charge in [0.25, 0.3) is 6.01 Å². The predicted molar refractivity (Wildman–Crippen MR) is 102 cm³/mol. The minimum atomic E-state index is -0.0786. The van der Waals surface area contributed by atoms with Crippen molar-refractivity contribution in [1.29, 1.82) is 5.26 Å². The summed E-state index contributed by atoms with van der Waals surface area (Å²) in [4.78, 5) is 8.19. The molecule has 0 bridgehead atoms. The van der Waals surface area contributed by atoms with Gasteiger partial charge < -0.3 is 18.9 Å². The van der Waals surface area contributed by atoms with Gasteiger partial charge in [0.05, 0.1) is 18.0 Å². The van der Waals surface area contributed by atoms with E-state index in [4.69, 9.17) is 18.8 Å². The predicted octanol–water partition coefficient (Wildman–Crippen LogP) is 4.57. The summed E-state index contributed by atoms with van der Waals surface area (Å²) in [5, 5.41) is 11.9. The molecule has 0 fully saturated rings. The number of oxazole rings is 2. The number of rotatable bonds is 7. The molecule has 1 N–H and O–H groups in total. The van der Waals surface area contributed by atoms with Gasteiger partial charge in [-0.05, 0) is 17.7 Å². The molecule has 4 aromatic rings. The Balaban J connectivity index is 1.52. The second-order valence-electron chi connectivity index (χ2n) is 5.94. The van der Waals surface area contributed by atoms with Crippen LogP contribution in [0.3, 0.4) is 0 Å². The second-order valence-corrected chi connectivity index (χ2v) is 5.94. The fraction of sp³-hybridized carbons (Fsp3) is 0.0952. The molecule has 0 saturated carbocycles. The summed E-state index contributed by atoms with van der Waals surface area (Å²) in [5.74, 6) is 1.81. The van der Waals surface area contributed by atoms with Crippen molar-refractivity contribution in [1.82, 2.24) is 9.97 Å². The second kappa shape index (κ2) is 8.10. The Bertz CT molecular complexity index is 1080. The minimum absolute atomic E-state index is 0.0786. The van der Waals surface area contributed by atoms with Crippen LogP contribution in [-0.4, -0.2) is 16.6 Å². The first kappa shape index (κ1) is 17.4. The Morgan fingerprint density at radius 1 is 1.11 bits per heavy atom. The molecule has 0 atom stereocenters. The highest BCUT2D eigenvalue weighted by Gasteiger charge is 2.12. The van der Waals surface area contributed by atoms with Crippen LogP contribution in [0.25, 0.3) is 11.3 Å². The van der Waals surface area contributed by atoms with Gasteiger partial charge >= 0.3 is 0 Å². The molecule has 0 aliphatic carbocycles. The van der Waals surface area contributed by atoms with Crippen molar-refractivity contribution < 1.29 is 13.6 Å². The van der Waals surface area contributed by atoms with E-state index in [0.717, 1.165) is 11.3 Å². The van der Waals surface area contributed by atoms with Gasteiger partial charge in [0, 0.05) is 18.2 Å². The molecule has 2 heterocycles. The average Bonchev–Trinajstić information content (AvgIpc) is 3.40. The van der Waals surface area contributed by atoms with Gasteiger partial charge in [-0.25, -0.2) is 9.97 Å². The van der Waals surface area contributed by atoms with E-state index >= 15 is 0 Å². The highest BCUT2D eigenvalue weighted by atomic mass is 16.5. The minimum Gasteiger partial charge on any atom is -0.478 e. The smallest absolute Gasteiger partial charge is 0.299 e. The molecule has 138 valence electrons. The Kier molecular flexibility index (Phi) is 5.02. The number of aromatic nitrogens is 2. The zero-order valence-electron chi connectivity index (χ0n) is 14.8. The van der Waals surface area contributed by atoms with E-state index in [2.05, 4.69) is 15.3 Å². The molecule has 0 radical (unpaired) electrons. The van der Waals surface area contributed by atoms with Gasteiger partial charge in [0.2, 0.25) is 0 Å². The maximum Gasteiger partial charge on any atom is 0.299 e. The molecule has 0 saturated heterocycles. The third-order valence-corrected chi connectivity index (χ3v) is 4.00. The summed E-state index contributed by atoms with van der Waals surface area (Å²) in [6, 6.07) is 17.8. The van der Waals surface area contributed by atoms with E-state index in [0.29, 0.717) is 35.2 Å². The first-order valence-corrected chi connectivity index (χ1v) is 8.60. The summed E-state index contributed by atoms with van der Waals surface area (Å²) in [7, 11) is 0. The van der Waals surface area contributed by atoms with Crippen LogP contribution in [-0.2, 0) is 6.42 Å². The molecule has 0 aliphatic heterocycles. The molecule has 7 heteroatoms. The number of anilines is 2. The van der Waals surface area contributed by atoms with Gasteiger partial charge in [0.15, 0.2) is 18.8 Å². The Morgan fingerprint density at radius 3 is 2.79 bits per heavy atom. The first-order valence-electron chi connectivity index (χ1n) is 8.60. The van der Waals surface area contributed by atoms with E-state index < -0.39 is 0 Å². The monoisotopic (exact) mass is 372 g/mol. The summed E-state index contributed by atoms with van der Waals surface area (Å²) in [5.41, 5.74) is 2.56. The topological polar surface area (TPSA) is 97.1 Å². The summed E-state index contributed by atoms with van der Waals surface area (Å²) >= 11 is 0. The Labute approximate surface area is 161 Å². The number of ether oxygens (including phenoxy) is 1. The van der Waals surface area contributed by atoms with Crippen molar-refractivity contribution in [2.45, 2.75) is 6.42 Å². The van der Waals surface area contributed by atoms with Crippen molar-refractivity contribution >= 4 is 11.7 Å². The molecule has 28 heavy (non-hydrogen) atoms. The SMILES string of the molecule is N#CCOc1cc(Nc2ncc(Cc3ccccc3)o2)ccc1-c1cnco1. The number of hydrogen-bond donors (Lipinski definition) is 1. The van der Waals surface area contributed by atoms with Gasteiger partial charge in [-0.3, -0.25) is 0 Å².